The van der Waals surface area contributed by atoms with E-state index in [1.54, 1.807) is 7.11 Å². The zero-order chi connectivity index (χ0) is 14.1. The quantitative estimate of drug-likeness (QED) is 0.693. The Balaban J connectivity index is 2.21. The number of unbranched alkanes of at least 4 members (excludes halogenated alkanes) is 1. The summed E-state index contributed by atoms with van der Waals surface area (Å²) in [6.45, 7) is 7.79. The van der Waals surface area contributed by atoms with Crippen LogP contribution in [-0.2, 0) is 0 Å². The molecule has 0 heterocycles. The standard InChI is InChI=1S/C16H28N2O/c1-14(2)13-17-10-5-6-11-18(3)15-8-7-9-16(12-15)19-4/h7-9,12,14,17H,5-6,10-11,13H2,1-4H3. The Labute approximate surface area is 118 Å². The maximum atomic E-state index is 5.25. The van der Waals surface area contributed by atoms with Crippen LogP contribution in [0.5, 0.6) is 5.75 Å². The fraction of sp³-hybridized carbons (Fsp3) is 0.625. The molecular weight excluding hydrogens is 236 g/mol. The third kappa shape index (κ3) is 6.48. The van der Waals surface area contributed by atoms with Crippen molar-refractivity contribution in [3.63, 3.8) is 0 Å². The molecule has 3 nitrogen and oxygen atoms in total. The van der Waals surface area contributed by atoms with Gasteiger partial charge in [-0.3, -0.25) is 0 Å². The van der Waals surface area contributed by atoms with E-state index in [0.717, 1.165) is 31.3 Å². The highest BCUT2D eigenvalue weighted by atomic mass is 16.5. The van der Waals surface area contributed by atoms with Crippen molar-refractivity contribution in [2.75, 3.05) is 38.7 Å². The van der Waals surface area contributed by atoms with E-state index >= 15 is 0 Å². The predicted molar refractivity (Wildman–Crippen MR) is 83.2 cm³/mol. The molecule has 108 valence electrons. The van der Waals surface area contributed by atoms with Crippen molar-refractivity contribution < 1.29 is 4.74 Å². The second-order valence-electron chi connectivity index (χ2n) is 5.43. The lowest BCUT2D eigenvalue weighted by molar-refractivity contribution is 0.415. The first-order valence-electron chi connectivity index (χ1n) is 7.19. The molecule has 0 fully saturated rings. The monoisotopic (exact) mass is 264 g/mol. The number of hydrogen-bond donors (Lipinski definition) is 1. The van der Waals surface area contributed by atoms with E-state index in [1.807, 2.05) is 12.1 Å². The minimum Gasteiger partial charge on any atom is -0.497 e. The number of hydrogen-bond acceptors (Lipinski definition) is 3. The zero-order valence-electron chi connectivity index (χ0n) is 12.8. The first-order valence-corrected chi connectivity index (χ1v) is 7.19. The van der Waals surface area contributed by atoms with Gasteiger partial charge in [0.1, 0.15) is 5.75 Å². The van der Waals surface area contributed by atoms with E-state index in [2.05, 4.69) is 43.2 Å². The van der Waals surface area contributed by atoms with Gasteiger partial charge >= 0.3 is 0 Å². The summed E-state index contributed by atoms with van der Waals surface area (Å²) in [4.78, 5) is 2.28. The summed E-state index contributed by atoms with van der Waals surface area (Å²) in [6.07, 6.45) is 2.43. The lowest BCUT2D eigenvalue weighted by atomic mass is 10.2. The van der Waals surface area contributed by atoms with Crippen LogP contribution in [0.2, 0.25) is 0 Å². The van der Waals surface area contributed by atoms with Crippen LogP contribution in [0, 0.1) is 5.92 Å². The molecule has 0 unspecified atom stereocenters. The van der Waals surface area contributed by atoms with Crippen molar-refractivity contribution in [1.82, 2.24) is 5.32 Å². The maximum Gasteiger partial charge on any atom is 0.120 e. The van der Waals surface area contributed by atoms with Gasteiger partial charge in [-0.25, -0.2) is 0 Å². The van der Waals surface area contributed by atoms with Gasteiger partial charge in [0.05, 0.1) is 7.11 Å². The molecule has 1 aromatic carbocycles. The van der Waals surface area contributed by atoms with Crippen molar-refractivity contribution in [2.24, 2.45) is 5.92 Å². The normalized spacial score (nSPS) is 10.8. The Morgan fingerprint density at radius 1 is 1.26 bits per heavy atom. The lowest BCUT2D eigenvalue weighted by Gasteiger charge is -2.20. The van der Waals surface area contributed by atoms with Crippen LogP contribution in [-0.4, -0.2) is 33.8 Å². The maximum absolute atomic E-state index is 5.25. The summed E-state index contributed by atoms with van der Waals surface area (Å²) >= 11 is 0. The third-order valence-electron chi connectivity index (χ3n) is 3.14. The van der Waals surface area contributed by atoms with E-state index in [0.29, 0.717) is 0 Å². The molecule has 19 heavy (non-hydrogen) atoms. The number of methoxy groups -OCH3 is 1. The van der Waals surface area contributed by atoms with E-state index < -0.39 is 0 Å². The summed E-state index contributed by atoms with van der Waals surface area (Å²) in [5.41, 5.74) is 1.22. The van der Waals surface area contributed by atoms with Gasteiger partial charge in [-0.2, -0.15) is 0 Å². The molecule has 0 aromatic heterocycles. The Hall–Kier alpha value is -1.22. The molecular formula is C16H28N2O. The number of ether oxygens (including phenoxy) is 1. The fourth-order valence-corrected chi connectivity index (χ4v) is 1.97. The first kappa shape index (κ1) is 15.8. The highest BCUT2D eigenvalue weighted by Gasteiger charge is 2.02. The molecule has 1 aromatic rings. The number of rotatable bonds is 9. The van der Waals surface area contributed by atoms with Crippen molar-refractivity contribution >= 4 is 5.69 Å². The van der Waals surface area contributed by atoms with Gasteiger partial charge in [0, 0.05) is 25.3 Å². The molecule has 0 radical (unpaired) electrons. The molecule has 0 spiro atoms. The molecule has 0 atom stereocenters. The molecule has 1 rings (SSSR count). The van der Waals surface area contributed by atoms with Crippen molar-refractivity contribution in [3.8, 4) is 5.75 Å². The molecule has 3 heteroatoms. The van der Waals surface area contributed by atoms with Crippen molar-refractivity contribution in [3.05, 3.63) is 24.3 Å². The highest BCUT2D eigenvalue weighted by Crippen LogP contribution is 2.19. The van der Waals surface area contributed by atoms with Crippen LogP contribution >= 0.6 is 0 Å². The minimum absolute atomic E-state index is 0.736. The Morgan fingerprint density at radius 3 is 2.74 bits per heavy atom. The van der Waals surface area contributed by atoms with Gasteiger partial charge in [-0.05, 0) is 44.0 Å². The molecule has 0 aliphatic rings. The second-order valence-corrected chi connectivity index (χ2v) is 5.43. The number of nitrogens with zero attached hydrogens (tertiary/aromatic N) is 1. The van der Waals surface area contributed by atoms with E-state index in [4.69, 9.17) is 4.74 Å². The second kappa shape index (κ2) is 8.81. The van der Waals surface area contributed by atoms with Crippen LogP contribution in [0.3, 0.4) is 0 Å². The summed E-state index contributed by atoms with van der Waals surface area (Å²) in [6, 6.07) is 8.22. The number of anilines is 1. The Kier molecular flexibility index (Phi) is 7.34. The molecule has 0 saturated heterocycles. The van der Waals surface area contributed by atoms with Crippen molar-refractivity contribution in [1.29, 1.82) is 0 Å². The van der Waals surface area contributed by atoms with Gasteiger partial charge in [0.2, 0.25) is 0 Å². The first-order chi connectivity index (χ1) is 9.13. The van der Waals surface area contributed by atoms with E-state index in [9.17, 15) is 0 Å². The summed E-state index contributed by atoms with van der Waals surface area (Å²) in [7, 11) is 3.84. The summed E-state index contributed by atoms with van der Waals surface area (Å²) in [5, 5.41) is 3.48. The Morgan fingerprint density at radius 2 is 2.05 bits per heavy atom. The van der Waals surface area contributed by atoms with Gasteiger partial charge < -0.3 is 15.0 Å². The largest absolute Gasteiger partial charge is 0.497 e. The lowest BCUT2D eigenvalue weighted by Crippen LogP contribution is -2.23. The van der Waals surface area contributed by atoms with Crippen LogP contribution in [0.25, 0.3) is 0 Å². The van der Waals surface area contributed by atoms with Gasteiger partial charge in [0.25, 0.3) is 0 Å². The Bertz CT molecular complexity index is 352. The highest BCUT2D eigenvalue weighted by molar-refractivity contribution is 5.49. The van der Waals surface area contributed by atoms with Crippen LogP contribution in [0.1, 0.15) is 26.7 Å². The SMILES string of the molecule is COc1cccc(N(C)CCCCNCC(C)C)c1. The summed E-state index contributed by atoms with van der Waals surface area (Å²) < 4.78 is 5.25. The van der Waals surface area contributed by atoms with Gasteiger partial charge in [-0.15, -0.1) is 0 Å². The minimum atomic E-state index is 0.736. The molecule has 1 N–H and O–H groups in total. The van der Waals surface area contributed by atoms with Gasteiger partial charge in [0.15, 0.2) is 0 Å². The topological polar surface area (TPSA) is 24.5 Å². The molecule has 0 amide bonds. The van der Waals surface area contributed by atoms with Crippen LogP contribution in [0.15, 0.2) is 24.3 Å². The third-order valence-corrected chi connectivity index (χ3v) is 3.14. The van der Waals surface area contributed by atoms with Gasteiger partial charge in [-0.1, -0.05) is 19.9 Å². The van der Waals surface area contributed by atoms with Crippen LogP contribution < -0.4 is 15.0 Å². The van der Waals surface area contributed by atoms with E-state index in [-0.39, 0.29) is 0 Å². The average Bonchev–Trinajstić information content (AvgIpc) is 2.42. The van der Waals surface area contributed by atoms with Crippen molar-refractivity contribution in [2.45, 2.75) is 26.7 Å². The number of benzene rings is 1. The smallest absolute Gasteiger partial charge is 0.120 e. The molecule has 0 aliphatic heterocycles. The number of nitrogens with one attached hydrogen (secondary N) is 1. The predicted octanol–water partition coefficient (Wildman–Crippen LogP) is 3.16. The molecule has 0 bridgehead atoms. The molecule has 0 saturated carbocycles. The zero-order valence-corrected chi connectivity index (χ0v) is 12.8. The average molecular weight is 264 g/mol. The fourth-order valence-electron chi connectivity index (χ4n) is 1.97. The summed E-state index contributed by atoms with van der Waals surface area (Å²) in [5.74, 6) is 1.66. The van der Waals surface area contributed by atoms with Crippen LogP contribution in [0.4, 0.5) is 5.69 Å². The van der Waals surface area contributed by atoms with E-state index in [1.165, 1.54) is 18.5 Å². The molecule has 0 aliphatic carbocycles.